The van der Waals surface area contributed by atoms with Gasteiger partial charge in [-0.1, -0.05) is 18.6 Å². The molecule has 2 heteroatoms. The largest absolute Gasteiger partial charge is 0.330 e. The lowest BCUT2D eigenvalue weighted by atomic mass is 9.78. The van der Waals surface area contributed by atoms with Gasteiger partial charge in [0.15, 0.2) is 0 Å². The molecule has 0 heterocycles. The van der Waals surface area contributed by atoms with Crippen LogP contribution in [-0.4, -0.2) is 6.54 Å². The van der Waals surface area contributed by atoms with Gasteiger partial charge >= 0.3 is 0 Å². The van der Waals surface area contributed by atoms with Gasteiger partial charge in [-0.15, -0.1) is 0 Å². The van der Waals surface area contributed by atoms with Crippen LogP contribution in [0.2, 0.25) is 0 Å². The summed E-state index contributed by atoms with van der Waals surface area (Å²) >= 11 is 0. The van der Waals surface area contributed by atoms with Crippen LogP contribution in [0.3, 0.4) is 0 Å². The Morgan fingerprint density at radius 3 is 2.93 bits per heavy atom. The Balaban J connectivity index is 2.09. The fraction of sp³-hybridized carbons (Fsp3) is 0.538. The Morgan fingerprint density at radius 1 is 1.33 bits per heavy atom. The smallest absolute Gasteiger partial charge is 0.123 e. The van der Waals surface area contributed by atoms with Gasteiger partial charge in [-0.3, -0.25) is 0 Å². The van der Waals surface area contributed by atoms with Crippen LogP contribution in [0.25, 0.3) is 0 Å². The van der Waals surface area contributed by atoms with Crippen molar-refractivity contribution in [2.24, 2.45) is 11.7 Å². The third kappa shape index (κ3) is 2.57. The van der Waals surface area contributed by atoms with E-state index in [1.165, 1.54) is 25.3 Å². The maximum absolute atomic E-state index is 13.1. The van der Waals surface area contributed by atoms with Gasteiger partial charge in [0.1, 0.15) is 5.82 Å². The van der Waals surface area contributed by atoms with Gasteiger partial charge in [-0.05, 0) is 55.3 Å². The molecule has 2 N–H and O–H groups in total. The first-order chi connectivity index (χ1) is 7.29. The third-order valence-electron chi connectivity index (χ3n) is 3.44. The molecule has 2 rings (SSSR count). The summed E-state index contributed by atoms with van der Waals surface area (Å²) in [5.74, 6) is 1.03. The van der Waals surface area contributed by atoms with E-state index in [2.05, 4.69) is 0 Å². The van der Waals surface area contributed by atoms with Crippen molar-refractivity contribution in [3.63, 3.8) is 0 Å². The molecule has 1 aromatic rings. The van der Waals surface area contributed by atoms with E-state index in [4.69, 9.17) is 5.73 Å². The van der Waals surface area contributed by atoms with Crippen molar-refractivity contribution in [3.05, 3.63) is 35.6 Å². The minimum Gasteiger partial charge on any atom is -0.330 e. The molecule has 0 bridgehead atoms. The predicted octanol–water partition coefficient (Wildman–Crippen LogP) is 3.06. The molecule has 2 atom stereocenters. The van der Waals surface area contributed by atoms with E-state index >= 15 is 0 Å². The Bertz CT molecular complexity index is 324. The van der Waals surface area contributed by atoms with Crippen molar-refractivity contribution in [1.82, 2.24) is 0 Å². The fourth-order valence-corrected chi connectivity index (χ4v) is 2.57. The van der Waals surface area contributed by atoms with Crippen molar-refractivity contribution in [2.45, 2.75) is 31.6 Å². The van der Waals surface area contributed by atoms with Crippen molar-refractivity contribution in [2.75, 3.05) is 6.54 Å². The van der Waals surface area contributed by atoms with Gasteiger partial charge in [0, 0.05) is 0 Å². The molecule has 1 saturated carbocycles. The molecular weight excluding hydrogens is 189 g/mol. The Morgan fingerprint density at radius 2 is 2.20 bits per heavy atom. The summed E-state index contributed by atoms with van der Waals surface area (Å²) in [6.45, 7) is 0.770. The number of hydrogen-bond donors (Lipinski definition) is 1. The monoisotopic (exact) mass is 207 g/mol. The summed E-state index contributed by atoms with van der Waals surface area (Å²) in [4.78, 5) is 0. The predicted molar refractivity (Wildman–Crippen MR) is 60.2 cm³/mol. The van der Waals surface area contributed by atoms with E-state index < -0.39 is 0 Å². The highest BCUT2D eigenvalue weighted by Gasteiger charge is 2.22. The maximum Gasteiger partial charge on any atom is 0.123 e. The number of halogens is 1. The van der Waals surface area contributed by atoms with Crippen LogP contribution in [0, 0.1) is 11.7 Å². The van der Waals surface area contributed by atoms with Crippen molar-refractivity contribution in [3.8, 4) is 0 Å². The van der Waals surface area contributed by atoms with Gasteiger partial charge in [0.2, 0.25) is 0 Å². The number of nitrogens with two attached hydrogens (primary N) is 1. The summed E-state index contributed by atoms with van der Waals surface area (Å²) in [6, 6.07) is 7.01. The molecule has 0 radical (unpaired) electrons. The highest BCUT2D eigenvalue weighted by atomic mass is 19.1. The fourth-order valence-electron chi connectivity index (χ4n) is 2.57. The molecule has 1 aliphatic rings. The molecule has 2 unspecified atom stereocenters. The molecule has 1 aromatic carbocycles. The first-order valence-electron chi connectivity index (χ1n) is 5.75. The lowest BCUT2D eigenvalue weighted by Crippen LogP contribution is -2.21. The van der Waals surface area contributed by atoms with Crippen LogP contribution >= 0.6 is 0 Å². The van der Waals surface area contributed by atoms with Crippen molar-refractivity contribution in [1.29, 1.82) is 0 Å². The van der Waals surface area contributed by atoms with Gasteiger partial charge in [-0.2, -0.15) is 0 Å². The van der Waals surface area contributed by atoms with Crippen LogP contribution in [0.4, 0.5) is 4.39 Å². The van der Waals surface area contributed by atoms with E-state index in [9.17, 15) is 4.39 Å². The third-order valence-corrected chi connectivity index (χ3v) is 3.44. The van der Waals surface area contributed by atoms with Crippen molar-refractivity contribution < 1.29 is 4.39 Å². The average molecular weight is 207 g/mol. The summed E-state index contributed by atoms with van der Waals surface area (Å²) < 4.78 is 13.1. The zero-order valence-electron chi connectivity index (χ0n) is 8.95. The molecule has 15 heavy (non-hydrogen) atoms. The standard InChI is InChI=1S/C13H18FN/c14-13-6-2-5-12(8-13)11-4-1-3-10(7-11)9-15/h2,5-6,8,10-11H,1,3-4,7,9,15H2. The zero-order valence-corrected chi connectivity index (χ0v) is 8.95. The first-order valence-corrected chi connectivity index (χ1v) is 5.75. The molecule has 0 aromatic heterocycles. The average Bonchev–Trinajstić information content (AvgIpc) is 2.29. The second-order valence-electron chi connectivity index (χ2n) is 4.52. The second kappa shape index (κ2) is 4.75. The van der Waals surface area contributed by atoms with Gasteiger partial charge in [-0.25, -0.2) is 4.39 Å². The molecule has 1 aliphatic carbocycles. The minimum absolute atomic E-state index is 0.123. The van der Waals surface area contributed by atoms with E-state index in [1.54, 1.807) is 12.1 Å². The van der Waals surface area contributed by atoms with Crippen LogP contribution in [0.1, 0.15) is 37.2 Å². The quantitative estimate of drug-likeness (QED) is 0.792. The number of hydrogen-bond acceptors (Lipinski definition) is 1. The molecule has 0 saturated heterocycles. The maximum atomic E-state index is 13.1. The SMILES string of the molecule is NCC1CCCC(c2cccc(F)c2)C1. The Kier molecular flexibility index (Phi) is 3.37. The number of rotatable bonds is 2. The second-order valence-corrected chi connectivity index (χ2v) is 4.52. The highest BCUT2D eigenvalue weighted by molar-refractivity contribution is 5.21. The topological polar surface area (TPSA) is 26.0 Å². The summed E-state index contributed by atoms with van der Waals surface area (Å²) in [7, 11) is 0. The minimum atomic E-state index is -0.123. The van der Waals surface area contributed by atoms with Gasteiger partial charge in [0.05, 0.1) is 0 Å². The highest BCUT2D eigenvalue weighted by Crippen LogP contribution is 2.35. The van der Waals surface area contributed by atoms with E-state index in [0.717, 1.165) is 18.5 Å². The molecule has 0 aliphatic heterocycles. The zero-order chi connectivity index (χ0) is 10.7. The van der Waals surface area contributed by atoms with E-state index in [1.807, 2.05) is 6.07 Å². The molecule has 1 nitrogen and oxygen atoms in total. The Hall–Kier alpha value is -0.890. The lowest BCUT2D eigenvalue weighted by molar-refractivity contribution is 0.328. The van der Waals surface area contributed by atoms with Crippen LogP contribution in [-0.2, 0) is 0 Å². The normalized spacial score (nSPS) is 26.5. The van der Waals surface area contributed by atoms with E-state index in [0.29, 0.717) is 11.8 Å². The van der Waals surface area contributed by atoms with Gasteiger partial charge < -0.3 is 5.73 Å². The molecular formula is C13H18FN. The van der Waals surface area contributed by atoms with Gasteiger partial charge in [0.25, 0.3) is 0 Å². The summed E-state index contributed by atoms with van der Waals surface area (Å²) in [5.41, 5.74) is 6.85. The number of benzene rings is 1. The van der Waals surface area contributed by atoms with Crippen LogP contribution in [0.5, 0.6) is 0 Å². The van der Waals surface area contributed by atoms with E-state index in [-0.39, 0.29) is 5.82 Å². The van der Waals surface area contributed by atoms with Crippen LogP contribution < -0.4 is 5.73 Å². The summed E-state index contributed by atoms with van der Waals surface area (Å²) in [6.07, 6.45) is 4.77. The first kappa shape index (κ1) is 10.6. The molecule has 0 amide bonds. The molecule has 82 valence electrons. The lowest BCUT2D eigenvalue weighted by Gasteiger charge is -2.28. The van der Waals surface area contributed by atoms with Crippen LogP contribution in [0.15, 0.2) is 24.3 Å². The van der Waals surface area contributed by atoms with Crippen molar-refractivity contribution >= 4 is 0 Å². The molecule has 0 spiro atoms. The molecule has 1 fully saturated rings. The Labute approximate surface area is 90.5 Å². The summed E-state index contributed by atoms with van der Waals surface area (Å²) in [5, 5.41) is 0.